The van der Waals surface area contributed by atoms with Gasteiger partial charge in [-0.15, -0.1) is 0 Å². The number of hydrogen-bond donors (Lipinski definition) is 0. The third-order valence-corrected chi connectivity index (χ3v) is 10.7. The summed E-state index contributed by atoms with van der Waals surface area (Å²) in [7, 11) is -4.03. The van der Waals surface area contributed by atoms with Crippen molar-refractivity contribution in [3.05, 3.63) is 108 Å². The molecule has 5 unspecified atom stereocenters. The normalized spacial score (nSPS) is 31.4. The van der Waals surface area contributed by atoms with Gasteiger partial charge in [0.05, 0.1) is 44.7 Å². The molecule has 0 spiro atoms. The van der Waals surface area contributed by atoms with Crippen LogP contribution in [0.3, 0.4) is 0 Å². The number of benzene rings is 3. The molecule has 3 aromatic carbocycles. The predicted molar refractivity (Wildman–Crippen MR) is 181 cm³/mol. The lowest BCUT2D eigenvalue weighted by Crippen LogP contribution is -2.62. The van der Waals surface area contributed by atoms with Gasteiger partial charge in [0.25, 0.3) is 0 Å². The van der Waals surface area contributed by atoms with Gasteiger partial charge in [0.2, 0.25) is 0 Å². The maximum Gasteiger partial charge on any atom is 0.475 e. The molecule has 2 saturated heterocycles. The second-order valence-electron chi connectivity index (χ2n) is 13.0. The SMILES string of the molecule is C[C@@H]1C[C@@H](C)OP(=O)(OC2C(OC3CCCCC3)OC(COCc3ccccc3)C(OCc3ccccc3)C2OCc2ccccc2)O1. The van der Waals surface area contributed by atoms with Crippen molar-refractivity contribution in [3.8, 4) is 0 Å². The molecule has 1 aliphatic carbocycles. The van der Waals surface area contributed by atoms with E-state index >= 15 is 0 Å². The molecule has 1 saturated carbocycles. The highest BCUT2D eigenvalue weighted by molar-refractivity contribution is 7.48. The average molecular weight is 681 g/mol. The maximum absolute atomic E-state index is 14.2. The van der Waals surface area contributed by atoms with Crippen LogP contribution in [0.2, 0.25) is 0 Å². The highest BCUT2D eigenvalue weighted by Gasteiger charge is 2.53. The summed E-state index contributed by atoms with van der Waals surface area (Å²) in [5, 5.41) is 0. The van der Waals surface area contributed by atoms with E-state index in [1.165, 1.54) is 6.42 Å². The Kier molecular flexibility index (Phi) is 12.9. The fourth-order valence-electron chi connectivity index (χ4n) is 6.63. The van der Waals surface area contributed by atoms with Gasteiger partial charge >= 0.3 is 7.82 Å². The van der Waals surface area contributed by atoms with Crippen LogP contribution in [-0.2, 0) is 61.6 Å². The number of hydrogen-bond acceptors (Lipinski definition) is 9. The van der Waals surface area contributed by atoms with Crippen molar-refractivity contribution >= 4 is 7.82 Å². The first-order valence-corrected chi connectivity index (χ1v) is 18.8. The van der Waals surface area contributed by atoms with Gasteiger partial charge in [0.1, 0.15) is 24.4 Å². The van der Waals surface area contributed by atoms with Gasteiger partial charge < -0.3 is 23.7 Å². The third-order valence-electron chi connectivity index (χ3n) is 8.97. The summed E-state index contributed by atoms with van der Waals surface area (Å²) in [6.07, 6.45) is 1.14. The molecule has 7 atom stereocenters. The van der Waals surface area contributed by atoms with Crippen LogP contribution in [0.5, 0.6) is 0 Å². The molecule has 9 nitrogen and oxygen atoms in total. The summed E-state index contributed by atoms with van der Waals surface area (Å²) >= 11 is 0. The van der Waals surface area contributed by atoms with E-state index in [0.29, 0.717) is 19.6 Å². The van der Waals surface area contributed by atoms with Gasteiger partial charge in [0.15, 0.2) is 6.29 Å². The Bertz CT molecular complexity index is 1390. The summed E-state index contributed by atoms with van der Waals surface area (Å²) in [5.74, 6) is 0. The van der Waals surface area contributed by atoms with Gasteiger partial charge in [-0.05, 0) is 43.4 Å². The van der Waals surface area contributed by atoms with Crippen molar-refractivity contribution in [2.45, 2.75) is 121 Å². The minimum Gasteiger partial charge on any atom is -0.374 e. The van der Waals surface area contributed by atoms with Crippen molar-refractivity contribution in [1.29, 1.82) is 0 Å². The molecular formula is C38H49O9P. The molecule has 3 fully saturated rings. The van der Waals surface area contributed by atoms with Crippen LogP contribution in [0.4, 0.5) is 0 Å². The average Bonchev–Trinajstić information content (AvgIpc) is 3.09. The van der Waals surface area contributed by atoms with E-state index in [1.807, 2.05) is 105 Å². The van der Waals surface area contributed by atoms with Gasteiger partial charge in [-0.25, -0.2) is 4.57 Å². The highest BCUT2D eigenvalue weighted by atomic mass is 31.2. The number of ether oxygens (including phenoxy) is 5. The minimum atomic E-state index is -4.03. The van der Waals surface area contributed by atoms with Crippen molar-refractivity contribution in [3.63, 3.8) is 0 Å². The van der Waals surface area contributed by atoms with E-state index in [9.17, 15) is 4.57 Å². The van der Waals surface area contributed by atoms with E-state index in [2.05, 4.69) is 0 Å². The molecule has 0 radical (unpaired) electrons. The molecule has 3 aromatic rings. The van der Waals surface area contributed by atoms with Crippen LogP contribution in [-0.4, -0.2) is 55.6 Å². The molecule has 10 heteroatoms. The van der Waals surface area contributed by atoms with Crippen LogP contribution < -0.4 is 0 Å². The Balaban J connectivity index is 1.32. The van der Waals surface area contributed by atoms with Crippen LogP contribution in [0.15, 0.2) is 91.0 Å². The number of rotatable bonds is 14. The quantitative estimate of drug-likeness (QED) is 0.157. The molecule has 0 aromatic heterocycles. The second kappa shape index (κ2) is 17.5. The molecule has 2 heterocycles. The topological polar surface area (TPSA) is 90.9 Å². The summed E-state index contributed by atoms with van der Waals surface area (Å²) in [4.78, 5) is 0. The lowest BCUT2D eigenvalue weighted by Gasteiger charge is -2.47. The highest BCUT2D eigenvalue weighted by Crippen LogP contribution is 2.57. The van der Waals surface area contributed by atoms with Crippen molar-refractivity contribution in [2.24, 2.45) is 0 Å². The van der Waals surface area contributed by atoms with Crippen molar-refractivity contribution < 1.29 is 41.8 Å². The summed E-state index contributed by atoms with van der Waals surface area (Å²) in [5.41, 5.74) is 3.03. The third kappa shape index (κ3) is 10.1. The van der Waals surface area contributed by atoms with Gasteiger partial charge in [-0.3, -0.25) is 13.6 Å². The molecule has 48 heavy (non-hydrogen) atoms. The fraction of sp³-hybridized carbons (Fsp3) is 0.526. The monoisotopic (exact) mass is 680 g/mol. The van der Waals surface area contributed by atoms with Crippen molar-refractivity contribution in [2.75, 3.05) is 6.61 Å². The Morgan fingerprint density at radius 2 is 1.19 bits per heavy atom. The first-order valence-electron chi connectivity index (χ1n) is 17.3. The smallest absolute Gasteiger partial charge is 0.374 e. The fourth-order valence-corrected chi connectivity index (χ4v) is 8.36. The lowest BCUT2D eigenvalue weighted by molar-refractivity contribution is -0.326. The van der Waals surface area contributed by atoms with E-state index in [0.717, 1.165) is 42.4 Å². The molecule has 0 amide bonds. The molecule has 3 aliphatic rings. The summed E-state index contributed by atoms with van der Waals surface area (Å²) in [6.45, 7) is 4.94. The molecule has 0 N–H and O–H groups in total. The predicted octanol–water partition coefficient (Wildman–Crippen LogP) is 8.16. The van der Waals surface area contributed by atoms with E-state index in [1.54, 1.807) is 0 Å². The molecule has 0 bridgehead atoms. The number of phosphoric acid groups is 1. The van der Waals surface area contributed by atoms with E-state index in [4.69, 9.17) is 37.3 Å². The molecule has 260 valence electrons. The molecule has 6 rings (SSSR count). The van der Waals surface area contributed by atoms with Gasteiger partial charge in [0, 0.05) is 6.42 Å². The Morgan fingerprint density at radius 1 is 0.667 bits per heavy atom. The Morgan fingerprint density at radius 3 is 1.75 bits per heavy atom. The Labute approximate surface area is 284 Å². The van der Waals surface area contributed by atoms with Gasteiger partial charge in [-0.1, -0.05) is 110 Å². The standard InChI is InChI=1S/C38H49O9P/c1-28-23-29(2)46-48(39,45-28)47-37-36(42-26-32-19-11-5-12-20-32)35(41-25-31-17-9-4-10-18-31)34(27-40-24-30-15-7-3-8-16-30)44-38(37)43-33-21-13-6-14-22-33/h3-5,7-12,15-20,28-29,33-38H,6,13-14,21-27H2,1-2H3/t28-,29-,34?,35?,36?,37?,38?/m1/s1. The van der Waals surface area contributed by atoms with Crippen LogP contribution in [0.1, 0.15) is 69.1 Å². The summed E-state index contributed by atoms with van der Waals surface area (Å²) < 4.78 is 65.5. The second-order valence-corrected chi connectivity index (χ2v) is 14.6. The van der Waals surface area contributed by atoms with E-state index in [-0.39, 0.29) is 31.5 Å². The largest absolute Gasteiger partial charge is 0.475 e. The first kappa shape index (κ1) is 35.4. The maximum atomic E-state index is 14.2. The zero-order chi connectivity index (χ0) is 33.2. The Hall–Kier alpha value is -2.43. The summed E-state index contributed by atoms with van der Waals surface area (Å²) in [6, 6.07) is 29.9. The van der Waals surface area contributed by atoms with E-state index < -0.39 is 38.5 Å². The van der Waals surface area contributed by atoms with Crippen LogP contribution in [0, 0.1) is 0 Å². The van der Waals surface area contributed by atoms with Gasteiger partial charge in [-0.2, -0.15) is 0 Å². The lowest BCUT2D eigenvalue weighted by atomic mass is 9.96. The number of phosphoric ester groups is 1. The molecular weight excluding hydrogens is 631 g/mol. The molecule has 2 aliphatic heterocycles. The van der Waals surface area contributed by atoms with Crippen molar-refractivity contribution in [1.82, 2.24) is 0 Å². The van der Waals surface area contributed by atoms with Crippen LogP contribution >= 0.6 is 7.82 Å². The van der Waals surface area contributed by atoms with Crippen LogP contribution in [0.25, 0.3) is 0 Å². The first-order chi connectivity index (χ1) is 23.4. The zero-order valence-corrected chi connectivity index (χ0v) is 28.9. The minimum absolute atomic E-state index is 0.0377. The zero-order valence-electron chi connectivity index (χ0n) is 28.0.